The van der Waals surface area contributed by atoms with Gasteiger partial charge in [0.1, 0.15) is 0 Å². The molecule has 4 nitrogen and oxygen atoms in total. The molecule has 4 heteroatoms. The number of nitrogens with zero attached hydrogens (tertiary/aromatic N) is 4. The fourth-order valence-corrected chi connectivity index (χ4v) is 8.24. The molecule has 7 aromatic carbocycles. The third kappa shape index (κ3) is 4.29. The lowest BCUT2D eigenvalue weighted by Crippen LogP contribution is -2.29. The average Bonchev–Trinajstić information content (AvgIpc) is 3.46. The number of aromatic nitrogens is 3. The maximum Gasteiger partial charge on any atom is 0.164 e. The number of hydrogen-bond donors (Lipinski definition) is 0. The largest absolute Gasteiger partial charge is 0.208 e. The summed E-state index contributed by atoms with van der Waals surface area (Å²) >= 11 is 0. The first kappa shape index (κ1) is 29.0. The SMILES string of the molecule is N#Cc1ccc(-c2nc(-c3ccccc3)nc(-c3ccc4c(c3)-c3ccccc3-c3ccccc3C43c4ccccc4-c4ccccc43)n2)cc1. The van der Waals surface area contributed by atoms with E-state index in [0.717, 1.165) is 22.3 Å². The fraction of sp³-hybridized carbons (Fsp3) is 0.0213. The van der Waals surface area contributed by atoms with E-state index in [-0.39, 0.29) is 0 Å². The van der Waals surface area contributed by atoms with Gasteiger partial charge < -0.3 is 0 Å². The van der Waals surface area contributed by atoms with E-state index >= 15 is 0 Å². The zero-order chi connectivity index (χ0) is 33.9. The predicted molar refractivity (Wildman–Crippen MR) is 203 cm³/mol. The summed E-state index contributed by atoms with van der Waals surface area (Å²) in [6.07, 6.45) is 0. The van der Waals surface area contributed by atoms with Crippen LogP contribution in [0.2, 0.25) is 0 Å². The van der Waals surface area contributed by atoms with Crippen molar-refractivity contribution in [1.82, 2.24) is 15.0 Å². The molecule has 0 amide bonds. The van der Waals surface area contributed by atoms with E-state index in [0.29, 0.717) is 23.0 Å². The minimum absolute atomic E-state index is 0.543. The summed E-state index contributed by atoms with van der Waals surface area (Å²) in [4.78, 5) is 15.1. The molecule has 1 spiro atoms. The smallest absolute Gasteiger partial charge is 0.164 e. The third-order valence-corrected chi connectivity index (χ3v) is 10.4. The van der Waals surface area contributed by atoms with E-state index in [1.807, 2.05) is 42.5 Å². The predicted octanol–water partition coefficient (Wildman–Crippen LogP) is 10.8. The lowest BCUT2D eigenvalue weighted by Gasteiger charge is -2.35. The van der Waals surface area contributed by atoms with Gasteiger partial charge in [0.05, 0.1) is 17.0 Å². The Morgan fingerprint density at radius 3 is 1.29 bits per heavy atom. The van der Waals surface area contributed by atoms with Gasteiger partial charge in [-0.15, -0.1) is 0 Å². The highest BCUT2D eigenvalue weighted by atomic mass is 15.0. The Hall–Kier alpha value is -6.96. The van der Waals surface area contributed by atoms with Crippen molar-refractivity contribution in [2.75, 3.05) is 0 Å². The zero-order valence-electron chi connectivity index (χ0n) is 27.5. The molecule has 2 aliphatic carbocycles. The summed E-state index contributed by atoms with van der Waals surface area (Å²) in [6, 6.07) is 61.8. The molecular formula is C47H28N4. The van der Waals surface area contributed by atoms with Gasteiger partial charge in [0, 0.05) is 16.7 Å². The molecule has 2 aliphatic rings. The first-order valence-corrected chi connectivity index (χ1v) is 17.1. The van der Waals surface area contributed by atoms with Gasteiger partial charge in [0.25, 0.3) is 0 Å². The maximum absolute atomic E-state index is 9.42. The van der Waals surface area contributed by atoms with Crippen LogP contribution in [0.1, 0.15) is 27.8 Å². The lowest BCUT2D eigenvalue weighted by molar-refractivity contribution is 0.775. The van der Waals surface area contributed by atoms with Gasteiger partial charge in [-0.25, -0.2) is 15.0 Å². The van der Waals surface area contributed by atoms with E-state index in [2.05, 4.69) is 121 Å². The molecule has 51 heavy (non-hydrogen) atoms. The molecule has 0 radical (unpaired) electrons. The highest BCUT2D eigenvalue weighted by Crippen LogP contribution is 2.61. The van der Waals surface area contributed by atoms with Crippen LogP contribution in [0.3, 0.4) is 0 Å². The van der Waals surface area contributed by atoms with E-state index in [1.54, 1.807) is 12.1 Å². The van der Waals surface area contributed by atoms with Crippen LogP contribution < -0.4 is 0 Å². The van der Waals surface area contributed by atoms with Crippen LogP contribution in [0, 0.1) is 11.3 Å². The topological polar surface area (TPSA) is 62.5 Å². The van der Waals surface area contributed by atoms with Crippen molar-refractivity contribution in [3.05, 3.63) is 198 Å². The van der Waals surface area contributed by atoms with Crippen LogP contribution in [0.5, 0.6) is 0 Å². The summed E-state index contributed by atoms with van der Waals surface area (Å²) in [5, 5.41) is 9.42. The van der Waals surface area contributed by atoms with Gasteiger partial charge >= 0.3 is 0 Å². The Morgan fingerprint density at radius 2 is 0.745 bits per heavy atom. The van der Waals surface area contributed by atoms with E-state index in [4.69, 9.17) is 15.0 Å². The van der Waals surface area contributed by atoms with Gasteiger partial charge in [-0.2, -0.15) is 5.26 Å². The van der Waals surface area contributed by atoms with Crippen LogP contribution in [0.15, 0.2) is 170 Å². The highest BCUT2D eigenvalue weighted by Gasteiger charge is 2.49. The molecule has 1 heterocycles. The normalized spacial score (nSPS) is 12.8. The lowest BCUT2D eigenvalue weighted by atomic mass is 9.66. The first-order chi connectivity index (χ1) is 25.2. The van der Waals surface area contributed by atoms with Crippen LogP contribution in [-0.2, 0) is 5.41 Å². The molecule has 0 bridgehead atoms. The van der Waals surface area contributed by atoms with Crippen LogP contribution in [-0.4, -0.2) is 15.0 Å². The van der Waals surface area contributed by atoms with Crippen LogP contribution in [0.25, 0.3) is 67.5 Å². The van der Waals surface area contributed by atoms with Crippen molar-refractivity contribution >= 4 is 0 Å². The van der Waals surface area contributed by atoms with Gasteiger partial charge in [0.2, 0.25) is 0 Å². The van der Waals surface area contributed by atoms with Crippen molar-refractivity contribution < 1.29 is 0 Å². The summed E-state index contributed by atoms with van der Waals surface area (Å²) < 4.78 is 0. The van der Waals surface area contributed by atoms with E-state index < -0.39 is 5.41 Å². The Labute approximate surface area is 296 Å². The molecule has 236 valence electrons. The summed E-state index contributed by atoms with van der Waals surface area (Å²) in [7, 11) is 0. The molecule has 10 rings (SSSR count). The number of hydrogen-bond acceptors (Lipinski definition) is 4. The summed E-state index contributed by atoms with van der Waals surface area (Å²) in [6.45, 7) is 0. The molecular weight excluding hydrogens is 621 g/mol. The second-order valence-corrected chi connectivity index (χ2v) is 13.1. The second kappa shape index (κ2) is 11.3. The van der Waals surface area contributed by atoms with Crippen molar-refractivity contribution in [3.8, 4) is 73.6 Å². The van der Waals surface area contributed by atoms with Crippen molar-refractivity contribution in [3.63, 3.8) is 0 Å². The number of nitriles is 1. The quantitative estimate of drug-likeness (QED) is 0.191. The number of fused-ring (bicyclic) bond motifs is 12. The Bertz CT molecular complexity index is 2660. The van der Waals surface area contributed by atoms with Gasteiger partial charge in [-0.1, -0.05) is 140 Å². The Balaban J connectivity index is 1.28. The average molecular weight is 649 g/mol. The highest BCUT2D eigenvalue weighted by molar-refractivity contribution is 5.97. The molecule has 8 aromatic rings. The van der Waals surface area contributed by atoms with E-state index in [1.165, 1.54) is 50.1 Å². The van der Waals surface area contributed by atoms with Crippen molar-refractivity contribution in [1.29, 1.82) is 5.26 Å². The number of rotatable bonds is 3. The minimum Gasteiger partial charge on any atom is -0.208 e. The Kier molecular flexibility index (Phi) is 6.43. The molecule has 1 aromatic heterocycles. The summed E-state index contributed by atoms with van der Waals surface area (Å²) in [5.41, 5.74) is 15.0. The molecule has 0 aliphatic heterocycles. The Morgan fingerprint density at radius 1 is 0.353 bits per heavy atom. The standard InChI is InChI=1S/C47H28N4/c48-29-30-22-24-32(25-23-30)45-49-44(31-12-2-1-3-13-31)50-46(51-45)33-26-27-43-39(28-33)35-15-5-4-14-34(35)36-16-6-9-19-40(36)47(43)41-20-10-7-17-37(41)38-18-8-11-21-42(38)47/h1-28H. The van der Waals surface area contributed by atoms with Crippen LogP contribution >= 0.6 is 0 Å². The third-order valence-electron chi connectivity index (χ3n) is 10.4. The molecule has 0 unspecified atom stereocenters. The molecule has 0 saturated heterocycles. The maximum atomic E-state index is 9.42. The first-order valence-electron chi connectivity index (χ1n) is 17.1. The second-order valence-electron chi connectivity index (χ2n) is 13.1. The zero-order valence-corrected chi connectivity index (χ0v) is 27.5. The van der Waals surface area contributed by atoms with Crippen LogP contribution in [0.4, 0.5) is 0 Å². The van der Waals surface area contributed by atoms with E-state index in [9.17, 15) is 5.26 Å². The van der Waals surface area contributed by atoms with Gasteiger partial charge in [0.15, 0.2) is 17.5 Å². The molecule has 0 fully saturated rings. The molecule has 0 N–H and O–H groups in total. The monoisotopic (exact) mass is 648 g/mol. The molecule has 0 saturated carbocycles. The van der Waals surface area contributed by atoms with Gasteiger partial charge in [-0.05, 0) is 86.0 Å². The minimum atomic E-state index is -0.543. The fourth-order valence-electron chi connectivity index (χ4n) is 8.24. The van der Waals surface area contributed by atoms with Crippen molar-refractivity contribution in [2.24, 2.45) is 0 Å². The van der Waals surface area contributed by atoms with Gasteiger partial charge in [-0.3, -0.25) is 0 Å². The molecule has 0 atom stereocenters. The van der Waals surface area contributed by atoms with Crippen molar-refractivity contribution in [2.45, 2.75) is 5.41 Å². The number of benzene rings is 7. The summed E-state index contributed by atoms with van der Waals surface area (Å²) in [5.74, 6) is 1.74.